The van der Waals surface area contributed by atoms with Crippen molar-refractivity contribution in [2.45, 2.75) is 46.5 Å². The van der Waals surface area contributed by atoms with Crippen LogP contribution >= 0.6 is 23.2 Å². The third-order valence-corrected chi connectivity index (χ3v) is 5.64. The van der Waals surface area contributed by atoms with E-state index in [0.29, 0.717) is 46.2 Å². The lowest BCUT2D eigenvalue weighted by molar-refractivity contribution is -0.123. The molecule has 1 heterocycles. The topological polar surface area (TPSA) is 92.9 Å². The van der Waals surface area contributed by atoms with E-state index in [0.717, 1.165) is 36.1 Å². The number of carbonyl (C=O) groups is 2. The highest BCUT2D eigenvalue weighted by Gasteiger charge is 2.28. The number of hydrogen-bond donors (Lipinski definition) is 2. The molecule has 0 radical (unpaired) electrons. The molecule has 0 saturated heterocycles. The molecule has 0 saturated carbocycles. The largest absolute Gasteiger partial charge is 0.482 e. The van der Waals surface area contributed by atoms with Crippen LogP contribution in [0.5, 0.6) is 5.75 Å². The number of furan rings is 1. The van der Waals surface area contributed by atoms with Gasteiger partial charge in [0.1, 0.15) is 11.5 Å². The maximum Gasteiger partial charge on any atom is 0.287 e. The minimum atomic E-state index is -0.427. The zero-order valence-corrected chi connectivity index (χ0v) is 19.9. The predicted molar refractivity (Wildman–Crippen MR) is 125 cm³/mol. The average Bonchev–Trinajstić information content (AvgIpc) is 3.08. The van der Waals surface area contributed by atoms with E-state index in [2.05, 4.69) is 29.7 Å². The first-order valence-corrected chi connectivity index (χ1v) is 11.4. The molecule has 1 aliphatic rings. The molecular weight excluding hydrogens is 453 g/mol. The molecular formula is C23H27Cl2N3O4. The van der Waals surface area contributed by atoms with Gasteiger partial charge in [-0.1, -0.05) is 37.0 Å². The Kier molecular flexibility index (Phi) is 8.21. The van der Waals surface area contributed by atoms with Gasteiger partial charge < -0.3 is 14.5 Å². The molecule has 0 atom stereocenters. The van der Waals surface area contributed by atoms with Gasteiger partial charge in [-0.25, -0.2) is 5.43 Å². The van der Waals surface area contributed by atoms with Crippen molar-refractivity contribution >= 4 is 40.7 Å². The third-order valence-electron chi connectivity index (χ3n) is 5.11. The van der Waals surface area contributed by atoms with Crippen molar-refractivity contribution in [3.05, 3.63) is 50.9 Å². The van der Waals surface area contributed by atoms with Gasteiger partial charge in [-0.15, -0.1) is 0 Å². The number of hydrazone groups is 1. The number of carbonyl (C=O) groups excluding carboxylic acids is 2. The van der Waals surface area contributed by atoms with E-state index in [4.69, 9.17) is 32.4 Å². The summed E-state index contributed by atoms with van der Waals surface area (Å²) in [5, 5.41) is 7.99. The monoisotopic (exact) mass is 479 g/mol. The summed E-state index contributed by atoms with van der Waals surface area (Å²) in [5.41, 5.74) is 4.74. The maximum atomic E-state index is 12.6. The molecule has 1 aliphatic carbocycles. The average molecular weight is 480 g/mol. The highest BCUT2D eigenvalue weighted by atomic mass is 35.5. The SMILES string of the molecule is Cc1c(C(=O)NCCC(C)C)oc2c1/C(=N/NC(=O)COc1ccc(Cl)cc1Cl)CCC2. The van der Waals surface area contributed by atoms with Gasteiger partial charge in [0.05, 0.1) is 10.7 Å². The number of halogens is 2. The number of benzene rings is 1. The standard InChI is InChI=1S/C23H27Cl2N3O4/c1-13(2)9-10-26-23(30)22-14(3)21-17(5-4-6-19(21)32-22)27-28-20(29)12-31-18-8-7-15(24)11-16(18)25/h7-8,11,13H,4-6,9-10,12H2,1-3H3,(H,26,30)(H,28,29)/b27-17+. The first-order chi connectivity index (χ1) is 15.3. The van der Waals surface area contributed by atoms with Crippen LogP contribution in [-0.4, -0.2) is 30.7 Å². The molecule has 0 aliphatic heterocycles. The van der Waals surface area contributed by atoms with Gasteiger partial charge in [-0.2, -0.15) is 5.10 Å². The van der Waals surface area contributed by atoms with E-state index in [1.165, 1.54) is 0 Å². The summed E-state index contributed by atoms with van der Waals surface area (Å²) in [7, 11) is 0. The van der Waals surface area contributed by atoms with Gasteiger partial charge >= 0.3 is 0 Å². The number of rotatable bonds is 8. The Bertz CT molecular complexity index is 1030. The molecule has 2 N–H and O–H groups in total. The van der Waals surface area contributed by atoms with Crippen LogP contribution in [0.15, 0.2) is 27.7 Å². The molecule has 0 unspecified atom stereocenters. The number of ether oxygens (including phenoxy) is 1. The van der Waals surface area contributed by atoms with E-state index in [-0.39, 0.29) is 12.5 Å². The van der Waals surface area contributed by atoms with Crippen LogP contribution in [0.3, 0.4) is 0 Å². The van der Waals surface area contributed by atoms with Crippen LogP contribution in [0.1, 0.15) is 60.6 Å². The first kappa shape index (κ1) is 24.1. The van der Waals surface area contributed by atoms with Crippen LogP contribution in [0, 0.1) is 12.8 Å². The van der Waals surface area contributed by atoms with Gasteiger partial charge in [-0.05, 0) is 50.3 Å². The molecule has 9 heteroatoms. The minimum Gasteiger partial charge on any atom is -0.482 e. The Morgan fingerprint density at radius 1 is 1.25 bits per heavy atom. The second-order valence-corrected chi connectivity index (χ2v) is 8.95. The lowest BCUT2D eigenvalue weighted by Crippen LogP contribution is -2.27. The summed E-state index contributed by atoms with van der Waals surface area (Å²) >= 11 is 11.9. The van der Waals surface area contributed by atoms with Gasteiger partial charge in [0.25, 0.3) is 11.8 Å². The lowest BCUT2D eigenvalue weighted by atomic mass is 9.93. The Morgan fingerprint density at radius 3 is 2.75 bits per heavy atom. The Labute approximate surface area is 197 Å². The molecule has 0 bridgehead atoms. The predicted octanol–water partition coefficient (Wildman–Crippen LogP) is 4.91. The highest BCUT2D eigenvalue weighted by Crippen LogP contribution is 2.30. The van der Waals surface area contributed by atoms with Crippen LogP contribution < -0.4 is 15.5 Å². The summed E-state index contributed by atoms with van der Waals surface area (Å²) in [4.78, 5) is 24.8. The van der Waals surface area contributed by atoms with Crippen LogP contribution in [0.2, 0.25) is 10.0 Å². The zero-order valence-electron chi connectivity index (χ0n) is 18.4. The van der Waals surface area contributed by atoms with E-state index >= 15 is 0 Å². The fourth-order valence-corrected chi connectivity index (χ4v) is 3.91. The molecule has 2 amide bonds. The second kappa shape index (κ2) is 10.9. The Hall–Kier alpha value is -2.51. The molecule has 7 nitrogen and oxygen atoms in total. The molecule has 0 spiro atoms. The first-order valence-electron chi connectivity index (χ1n) is 10.6. The number of hydrogen-bond acceptors (Lipinski definition) is 5. The normalized spacial score (nSPS) is 14.4. The van der Waals surface area contributed by atoms with Crippen molar-refractivity contribution in [3.8, 4) is 5.75 Å². The van der Waals surface area contributed by atoms with Crippen molar-refractivity contribution in [3.63, 3.8) is 0 Å². The highest BCUT2D eigenvalue weighted by molar-refractivity contribution is 6.35. The summed E-state index contributed by atoms with van der Waals surface area (Å²) in [6, 6.07) is 4.76. The van der Waals surface area contributed by atoms with Crippen LogP contribution in [-0.2, 0) is 11.2 Å². The number of amides is 2. The maximum absolute atomic E-state index is 12.6. The molecule has 3 rings (SSSR count). The van der Waals surface area contributed by atoms with E-state index in [1.807, 2.05) is 6.92 Å². The van der Waals surface area contributed by atoms with Crippen molar-refractivity contribution in [2.75, 3.05) is 13.2 Å². The van der Waals surface area contributed by atoms with Crippen molar-refractivity contribution in [1.29, 1.82) is 0 Å². The fourth-order valence-electron chi connectivity index (χ4n) is 3.45. The molecule has 32 heavy (non-hydrogen) atoms. The summed E-state index contributed by atoms with van der Waals surface area (Å²) < 4.78 is 11.3. The Balaban J connectivity index is 1.65. The van der Waals surface area contributed by atoms with Gasteiger partial charge in [0.15, 0.2) is 12.4 Å². The number of nitrogens with zero attached hydrogens (tertiary/aromatic N) is 1. The zero-order chi connectivity index (χ0) is 23.3. The third kappa shape index (κ3) is 6.04. The van der Waals surface area contributed by atoms with Crippen LogP contribution in [0.4, 0.5) is 0 Å². The molecule has 2 aromatic rings. The molecule has 172 valence electrons. The molecule has 1 aromatic heterocycles. The van der Waals surface area contributed by atoms with Crippen LogP contribution in [0.25, 0.3) is 0 Å². The fraction of sp³-hybridized carbons (Fsp3) is 0.435. The van der Waals surface area contributed by atoms with Gasteiger partial charge in [0, 0.05) is 29.1 Å². The quantitative estimate of drug-likeness (QED) is 0.526. The van der Waals surface area contributed by atoms with E-state index in [1.54, 1.807) is 18.2 Å². The Morgan fingerprint density at radius 2 is 2.03 bits per heavy atom. The molecule has 1 aromatic carbocycles. The minimum absolute atomic E-state index is 0.228. The summed E-state index contributed by atoms with van der Waals surface area (Å²) in [5.74, 6) is 1.24. The van der Waals surface area contributed by atoms with Crippen molar-refractivity contribution in [1.82, 2.24) is 10.7 Å². The molecule has 0 fully saturated rings. The number of nitrogens with one attached hydrogen (secondary N) is 2. The number of fused-ring (bicyclic) bond motifs is 1. The summed E-state index contributed by atoms with van der Waals surface area (Å²) in [6.07, 6.45) is 3.11. The second-order valence-electron chi connectivity index (χ2n) is 8.10. The van der Waals surface area contributed by atoms with E-state index in [9.17, 15) is 9.59 Å². The number of aryl methyl sites for hydroxylation is 1. The van der Waals surface area contributed by atoms with E-state index < -0.39 is 5.91 Å². The van der Waals surface area contributed by atoms with Crippen molar-refractivity contribution < 1.29 is 18.7 Å². The summed E-state index contributed by atoms with van der Waals surface area (Å²) in [6.45, 7) is 6.40. The smallest absolute Gasteiger partial charge is 0.287 e. The van der Waals surface area contributed by atoms with Gasteiger partial charge in [0.2, 0.25) is 0 Å². The lowest BCUT2D eigenvalue weighted by Gasteiger charge is -2.13. The van der Waals surface area contributed by atoms with Gasteiger partial charge in [-0.3, -0.25) is 9.59 Å². The van der Waals surface area contributed by atoms with Crippen molar-refractivity contribution in [2.24, 2.45) is 11.0 Å².